The summed E-state index contributed by atoms with van der Waals surface area (Å²) in [6.07, 6.45) is 3.76. The zero-order valence-corrected chi connectivity index (χ0v) is 10.2. The van der Waals surface area contributed by atoms with Gasteiger partial charge in [-0.15, -0.1) is 0 Å². The molecule has 0 radical (unpaired) electrons. The van der Waals surface area contributed by atoms with Gasteiger partial charge in [-0.05, 0) is 36.3 Å². The molecule has 1 saturated carbocycles. The minimum Gasteiger partial charge on any atom is -0.356 e. The van der Waals surface area contributed by atoms with Crippen molar-refractivity contribution >= 4 is 12.1 Å². The van der Waals surface area contributed by atoms with Gasteiger partial charge in [0.25, 0.3) is 0 Å². The average Bonchev–Trinajstić information content (AvgIpc) is 2.97. The van der Waals surface area contributed by atoms with E-state index in [2.05, 4.69) is 24.0 Å². The number of aryl methyl sites for hydroxylation is 1. The molecule has 1 aromatic rings. The highest BCUT2D eigenvalue weighted by Gasteiger charge is 2.45. The predicted molar refractivity (Wildman–Crippen MR) is 67.2 cm³/mol. The molecule has 3 nitrogen and oxygen atoms in total. The van der Waals surface area contributed by atoms with E-state index < -0.39 is 0 Å². The lowest BCUT2D eigenvalue weighted by atomic mass is 10.1. The summed E-state index contributed by atoms with van der Waals surface area (Å²) in [6.45, 7) is 4.45. The van der Waals surface area contributed by atoms with Crippen molar-refractivity contribution in [2.75, 3.05) is 18.0 Å². The Balaban J connectivity index is 1.83. The van der Waals surface area contributed by atoms with Gasteiger partial charge in [-0.3, -0.25) is 0 Å². The van der Waals surface area contributed by atoms with Crippen molar-refractivity contribution in [2.45, 2.75) is 26.2 Å². The second-order valence-electron chi connectivity index (χ2n) is 5.16. The summed E-state index contributed by atoms with van der Waals surface area (Å²) in [4.78, 5) is 17.7. The molecule has 2 atom stereocenters. The highest BCUT2D eigenvalue weighted by Crippen LogP contribution is 2.45. The largest absolute Gasteiger partial charge is 0.356 e. The maximum atomic E-state index is 10.6. The van der Waals surface area contributed by atoms with Crippen molar-refractivity contribution in [2.24, 2.45) is 11.8 Å². The summed E-state index contributed by atoms with van der Waals surface area (Å²) in [5.41, 5.74) is 2.16. The number of pyridine rings is 1. The van der Waals surface area contributed by atoms with E-state index in [0.29, 0.717) is 6.42 Å². The third-order valence-electron chi connectivity index (χ3n) is 3.99. The minimum atomic E-state index is 0.488. The molecule has 17 heavy (non-hydrogen) atoms. The second kappa shape index (κ2) is 4.13. The van der Waals surface area contributed by atoms with Crippen LogP contribution < -0.4 is 4.90 Å². The van der Waals surface area contributed by atoms with Crippen molar-refractivity contribution < 1.29 is 4.79 Å². The number of carbonyl (C=O) groups is 1. The van der Waals surface area contributed by atoms with Crippen molar-refractivity contribution in [1.29, 1.82) is 0 Å². The van der Waals surface area contributed by atoms with Gasteiger partial charge in [0.1, 0.15) is 12.1 Å². The normalized spacial score (nSPS) is 25.8. The molecule has 1 saturated heterocycles. The topological polar surface area (TPSA) is 33.2 Å². The molecule has 0 aromatic carbocycles. The number of carbonyl (C=O) groups excluding carboxylic acids is 1. The Morgan fingerprint density at radius 1 is 1.41 bits per heavy atom. The highest BCUT2D eigenvalue weighted by molar-refractivity contribution is 5.57. The first-order valence-corrected chi connectivity index (χ1v) is 6.49. The van der Waals surface area contributed by atoms with Crippen LogP contribution in [-0.2, 0) is 17.6 Å². The molecule has 90 valence electrons. The van der Waals surface area contributed by atoms with Gasteiger partial charge in [0.15, 0.2) is 0 Å². The Kier molecular flexibility index (Phi) is 2.61. The van der Waals surface area contributed by atoms with Gasteiger partial charge in [0.05, 0.1) is 0 Å². The zero-order chi connectivity index (χ0) is 11.8. The second-order valence-corrected chi connectivity index (χ2v) is 5.16. The molecule has 0 spiro atoms. The maximum Gasteiger partial charge on any atom is 0.128 e. The first-order valence-electron chi connectivity index (χ1n) is 6.49. The summed E-state index contributed by atoms with van der Waals surface area (Å²) in [7, 11) is 0. The lowest BCUT2D eigenvalue weighted by Gasteiger charge is -2.20. The SMILES string of the molecule is CCc1nc(N2CC3CC3C2)ccc1CC=O. The van der Waals surface area contributed by atoms with E-state index in [4.69, 9.17) is 4.98 Å². The number of rotatable bonds is 4. The van der Waals surface area contributed by atoms with Crippen molar-refractivity contribution in [3.63, 3.8) is 0 Å². The quantitative estimate of drug-likeness (QED) is 0.740. The van der Waals surface area contributed by atoms with E-state index in [1.165, 1.54) is 19.5 Å². The van der Waals surface area contributed by atoms with Gasteiger partial charge in [0, 0.05) is 25.2 Å². The zero-order valence-electron chi connectivity index (χ0n) is 10.2. The summed E-state index contributed by atoms with van der Waals surface area (Å²) in [6, 6.07) is 4.14. The Morgan fingerprint density at radius 2 is 2.18 bits per heavy atom. The Hall–Kier alpha value is -1.38. The molecule has 0 bridgehead atoms. The molecule has 3 heteroatoms. The standard InChI is InChI=1S/C14H18N2O/c1-2-13-10(5-6-17)3-4-14(15-13)16-8-11-7-12(11)9-16/h3-4,6,11-12H,2,5,7-9H2,1H3. The molecular weight excluding hydrogens is 212 g/mol. The van der Waals surface area contributed by atoms with Gasteiger partial charge in [-0.25, -0.2) is 4.98 Å². The monoisotopic (exact) mass is 230 g/mol. The lowest BCUT2D eigenvalue weighted by Crippen LogP contribution is -2.23. The van der Waals surface area contributed by atoms with Crippen LogP contribution in [0.3, 0.4) is 0 Å². The van der Waals surface area contributed by atoms with Gasteiger partial charge in [-0.2, -0.15) is 0 Å². The summed E-state index contributed by atoms with van der Waals surface area (Å²) in [5.74, 6) is 2.96. The summed E-state index contributed by atoms with van der Waals surface area (Å²) < 4.78 is 0. The first-order chi connectivity index (χ1) is 8.31. The molecular formula is C14H18N2O. The van der Waals surface area contributed by atoms with E-state index in [-0.39, 0.29) is 0 Å². The number of hydrogen-bond donors (Lipinski definition) is 0. The van der Waals surface area contributed by atoms with Crippen molar-refractivity contribution in [1.82, 2.24) is 4.98 Å². The maximum absolute atomic E-state index is 10.6. The van der Waals surface area contributed by atoms with Crippen LogP contribution in [0.25, 0.3) is 0 Å². The van der Waals surface area contributed by atoms with E-state index >= 15 is 0 Å². The summed E-state index contributed by atoms with van der Waals surface area (Å²) in [5, 5.41) is 0. The molecule has 2 unspecified atom stereocenters. The van der Waals surface area contributed by atoms with Gasteiger partial charge >= 0.3 is 0 Å². The molecule has 2 fully saturated rings. The number of aldehydes is 1. The fraction of sp³-hybridized carbons (Fsp3) is 0.571. The van der Waals surface area contributed by atoms with Gasteiger partial charge in [0.2, 0.25) is 0 Å². The Morgan fingerprint density at radius 3 is 2.82 bits per heavy atom. The van der Waals surface area contributed by atoms with E-state index in [9.17, 15) is 4.79 Å². The van der Waals surface area contributed by atoms with Crippen LogP contribution in [0.5, 0.6) is 0 Å². The Labute approximate surface area is 102 Å². The number of anilines is 1. The fourth-order valence-electron chi connectivity index (χ4n) is 2.86. The minimum absolute atomic E-state index is 0.488. The van der Waals surface area contributed by atoms with Crippen LogP contribution >= 0.6 is 0 Å². The Bertz CT molecular complexity index is 434. The number of nitrogens with zero attached hydrogens (tertiary/aromatic N) is 2. The molecule has 0 amide bonds. The molecule has 3 rings (SSSR count). The fourth-order valence-corrected chi connectivity index (χ4v) is 2.86. The van der Waals surface area contributed by atoms with Crippen LogP contribution in [-0.4, -0.2) is 24.4 Å². The molecule has 0 N–H and O–H groups in total. The van der Waals surface area contributed by atoms with Crippen LogP contribution in [0.4, 0.5) is 5.82 Å². The average molecular weight is 230 g/mol. The third kappa shape index (κ3) is 1.94. The predicted octanol–water partition coefficient (Wildman–Crippen LogP) is 1.84. The lowest BCUT2D eigenvalue weighted by molar-refractivity contribution is -0.107. The first kappa shape index (κ1) is 10.8. The van der Waals surface area contributed by atoms with Crippen molar-refractivity contribution in [3.05, 3.63) is 23.4 Å². The van der Waals surface area contributed by atoms with E-state index in [0.717, 1.165) is 41.6 Å². The molecule has 2 aliphatic rings. The highest BCUT2D eigenvalue weighted by atomic mass is 16.1. The molecule has 1 aliphatic carbocycles. The van der Waals surface area contributed by atoms with Crippen molar-refractivity contribution in [3.8, 4) is 0 Å². The van der Waals surface area contributed by atoms with Crippen LogP contribution in [0.2, 0.25) is 0 Å². The number of hydrogen-bond acceptors (Lipinski definition) is 3. The van der Waals surface area contributed by atoms with E-state index in [1.807, 2.05) is 0 Å². The molecule has 1 aromatic heterocycles. The van der Waals surface area contributed by atoms with Gasteiger partial charge in [-0.1, -0.05) is 13.0 Å². The van der Waals surface area contributed by atoms with Crippen LogP contribution in [0.15, 0.2) is 12.1 Å². The van der Waals surface area contributed by atoms with E-state index in [1.54, 1.807) is 0 Å². The smallest absolute Gasteiger partial charge is 0.128 e. The summed E-state index contributed by atoms with van der Waals surface area (Å²) >= 11 is 0. The molecule has 2 heterocycles. The van der Waals surface area contributed by atoms with Crippen LogP contribution in [0.1, 0.15) is 24.6 Å². The number of fused-ring (bicyclic) bond motifs is 1. The van der Waals surface area contributed by atoms with Gasteiger partial charge < -0.3 is 9.69 Å². The number of piperidine rings is 1. The number of aromatic nitrogens is 1. The van der Waals surface area contributed by atoms with Crippen LogP contribution in [0, 0.1) is 11.8 Å². The molecule has 1 aliphatic heterocycles. The third-order valence-corrected chi connectivity index (χ3v) is 3.99.